The Morgan fingerprint density at radius 1 is 1.00 bits per heavy atom. The lowest BCUT2D eigenvalue weighted by Gasteiger charge is -2.10. The van der Waals surface area contributed by atoms with E-state index >= 15 is 0 Å². The molecule has 0 aliphatic heterocycles. The van der Waals surface area contributed by atoms with E-state index in [2.05, 4.69) is 15.5 Å². The van der Waals surface area contributed by atoms with Crippen LogP contribution >= 0.6 is 12.2 Å². The van der Waals surface area contributed by atoms with E-state index in [0.29, 0.717) is 28.6 Å². The number of aromatic amines is 1. The van der Waals surface area contributed by atoms with E-state index < -0.39 is 0 Å². The summed E-state index contributed by atoms with van der Waals surface area (Å²) in [5.41, 5.74) is 1.72. The number of nitrogens with one attached hydrogen (secondary N) is 2. The van der Waals surface area contributed by atoms with Crippen LogP contribution in [0.1, 0.15) is 5.56 Å². The van der Waals surface area contributed by atoms with Gasteiger partial charge in [-0.05, 0) is 78.4 Å². The second-order valence-electron chi connectivity index (χ2n) is 7.14. The normalized spacial score (nSPS) is 10.6. The van der Waals surface area contributed by atoms with Gasteiger partial charge in [0, 0.05) is 12.1 Å². The Bertz CT molecular complexity index is 1280. The number of methoxy groups -OCH3 is 1. The van der Waals surface area contributed by atoms with Crippen molar-refractivity contribution in [3.63, 3.8) is 0 Å². The van der Waals surface area contributed by atoms with Crippen LogP contribution in [-0.2, 0) is 17.9 Å². The number of H-pyrrole nitrogens is 1. The molecule has 7 nitrogen and oxygen atoms in total. The van der Waals surface area contributed by atoms with E-state index in [0.717, 1.165) is 16.9 Å². The van der Waals surface area contributed by atoms with Crippen molar-refractivity contribution in [1.29, 1.82) is 0 Å². The van der Waals surface area contributed by atoms with Crippen LogP contribution in [0.15, 0.2) is 72.8 Å². The quantitative estimate of drug-likeness (QED) is 0.364. The summed E-state index contributed by atoms with van der Waals surface area (Å²) < 4.78 is 25.9. The average molecular weight is 465 g/mol. The molecule has 0 radical (unpaired) electrons. The van der Waals surface area contributed by atoms with Gasteiger partial charge in [-0.15, -0.1) is 0 Å². The van der Waals surface area contributed by atoms with Gasteiger partial charge in [-0.3, -0.25) is 14.5 Å². The summed E-state index contributed by atoms with van der Waals surface area (Å²) in [5, 5.41) is 9.88. The zero-order valence-corrected chi connectivity index (χ0v) is 18.6. The topological polar surface area (TPSA) is 81.2 Å². The number of carbonyl (C=O) groups excluding carboxylic acids is 1. The predicted octanol–water partition coefficient (Wildman–Crippen LogP) is 4.86. The molecule has 0 atom stereocenters. The van der Waals surface area contributed by atoms with Gasteiger partial charge in [-0.1, -0.05) is 12.1 Å². The van der Waals surface area contributed by atoms with Crippen LogP contribution < -0.4 is 14.8 Å². The Labute approximate surface area is 194 Å². The maximum absolute atomic E-state index is 13.0. The lowest BCUT2D eigenvalue weighted by Crippen LogP contribution is -2.27. The van der Waals surface area contributed by atoms with E-state index in [4.69, 9.17) is 21.7 Å². The van der Waals surface area contributed by atoms with Gasteiger partial charge in [0.2, 0.25) is 5.91 Å². The molecule has 0 saturated carbocycles. The molecule has 9 heteroatoms. The Balaban J connectivity index is 1.35. The number of amides is 1. The fraction of sp³-hybridized carbons (Fsp3) is 0.125. The summed E-state index contributed by atoms with van der Waals surface area (Å²) in [6.07, 6.45) is 0. The van der Waals surface area contributed by atoms with Crippen molar-refractivity contribution in [2.45, 2.75) is 13.1 Å². The highest BCUT2D eigenvalue weighted by Crippen LogP contribution is 2.22. The zero-order chi connectivity index (χ0) is 23.2. The van der Waals surface area contributed by atoms with Gasteiger partial charge in [-0.2, -0.15) is 5.10 Å². The molecule has 0 aliphatic rings. The Kier molecular flexibility index (Phi) is 6.80. The van der Waals surface area contributed by atoms with Gasteiger partial charge in [-0.25, -0.2) is 4.39 Å². The summed E-state index contributed by atoms with van der Waals surface area (Å²) in [5.74, 6) is 1.94. The average Bonchev–Trinajstić information content (AvgIpc) is 3.20. The summed E-state index contributed by atoms with van der Waals surface area (Å²) in [6.45, 7) is 0.376. The molecule has 0 bridgehead atoms. The number of ether oxygens (including phenoxy) is 2. The number of aromatic nitrogens is 3. The smallest absolute Gasteiger partial charge is 0.240 e. The standard InChI is InChI=1S/C24H21FN4O3S/c1-31-19-10-4-17(5-11-19)23-27-28-24(33)29(23)15-22(30)26-14-16-2-8-20(9-3-16)32-21-12-6-18(25)7-13-21/h2-13H,14-15H2,1H3,(H,26,30)(H,28,33). The number of halogens is 1. The molecule has 0 unspecified atom stereocenters. The van der Waals surface area contributed by atoms with Crippen molar-refractivity contribution >= 4 is 18.1 Å². The number of benzene rings is 3. The SMILES string of the molecule is COc1ccc(-c2n[nH]c(=S)n2CC(=O)NCc2ccc(Oc3ccc(F)cc3)cc2)cc1. The van der Waals surface area contributed by atoms with Crippen molar-refractivity contribution in [2.24, 2.45) is 0 Å². The molecular weight excluding hydrogens is 443 g/mol. The molecule has 1 amide bonds. The molecule has 0 spiro atoms. The highest BCUT2D eigenvalue weighted by atomic mass is 32.1. The maximum Gasteiger partial charge on any atom is 0.240 e. The lowest BCUT2D eigenvalue weighted by atomic mass is 10.2. The molecule has 1 aromatic heterocycles. The van der Waals surface area contributed by atoms with Crippen molar-refractivity contribution < 1.29 is 18.7 Å². The molecule has 0 aliphatic carbocycles. The predicted molar refractivity (Wildman–Crippen MR) is 124 cm³/mol. The van der Waals surface area contributed by atoms with Gasteiger partial charge in [0.25, 0.3) is 0 Å². The minimum atomic E-state index is -0.318. The van der Waals surface area contributed by atoms with Gasteiger partial charge >= 0.3 is 0 Å². The monoisotopic (exact) mass is 464 g/mol. The molecule has 4 rings (SSSR count). The third-order valence-corrected chi connectivity index (χ3v) is 5.18. The number of hydrogen-bond donors (Lipinski definition) is 2. The second kappa shape index (κ2) is 10.1. The Morgan fingerprint density at radius 3 is 2.24 bits per heavy atom. The first-order valence-corrected chi connectivity index (χ1v) is 10.5. The minimum Gasteiger partial charge on any atom is -0.497 e. The summed E-state index contributed by atoms with van der Waals surface area (Å²) in [6, 6.07) is 20.4. The number of carbonyl (C=O) groups is 1. The van der Waals surface area contributed by atoms with Gasteiger partial charge in [0.1, 0.15) is 29.6 Å². The molecule has 4 aromatic rings. The van der Waals surface area contributed by atoms with Crippen LogP contribution in [0.4, 0.5) is 4.39 Å². The Morgan fingerprint density at radius 2 is 1.61 bits per heavy atom. The fourth-order valence-corrected chi connectivity index (χ4v) is 3.34. The van der Waals surface area contributed by atoms with E-state index in [1.54, 1.807) is 35.9 Å². The molecular formula is C24H21FN4O3S. The van der Waals surface area contributed by atoms with Crippen LogP contribution in [-0.4, -0.2) is 27.8 Å². The number of rotatable bonds is 8. The fourth-order valence-electron chi connectivity index (χ4n) is 3.14. The molecule has 0 saturated heterocycles. The molecule has 168 valence electrons. The largest absolute Gasteiger partial charge is 0.497 e. The third-order valence-electron chi connectivity index (χ3n) is 4.87. The van der Waals surface area contributed by atoms with Gasteiger partial charge in [0.05, 0.1) is 7.11 Å². The molecule has 3 aromatic carbocycles. The summed E-state index contributed by atoms with van der Waals surface area (Å²) >= 11 is 5.30. The maximum atomic E-state index is 13.0. The molecule has 0 fully saturated rings. The molecule has 33 heavy (non-hydrogen) atoms. The first-order chi connectivity index (χ1) is 16.0. The van der Waals surface area contributed by atoms with Crippen LogP contribution in [0, 0.1) is 10.6 Å². The van der Waals surface area contributed by atoms with Crippen molar-refractivity contribution in [3.8, 4) is 28.6 Å². The van der Waals surface area contributed by atoms with Crippen molar-refractivity contribution in [2.75, 3.05) is 7.11 Å². The van der Waals surface area contributed by atoms with Crippen LogP contribution in [0.25, 0.3) is 11.4 Å². The van der Waals surface area contributed by atoms with Gasteiger partial charge in [0.15, 0.2) is 10.6 Å². The summed E-state index contributed by atoms with van der Waals surface area (Å²) in [4.78, 5) is 12.6. The summed E-state index contributed by atoms with van der Waals surface area (Å²) in [7, 11) is 1.60. The van der Waals surface area contributed by atoms with E-state index in [1.807, 2.05) is 36.4 Å². The van der Waals surface area contributed by atoms with Crippen LogP contribution in [0.5, 0.6) is 17.2 Å². The first kappa shape index (κ1) is 22.2. The van der Waals surface area contributed by atoms with Crippen molar-refractivity contribution in [1.82, 2.24) is 20.1 Å². The highest BCUT2D eigenvalue weighted by molar-refractivity contribution is 7.71. The lowest BCUT2D eigenvalue weighted by molar-refractivity contribution is -0.121. The number of hydrogen-bond acceptors (Lipinski definition) is 5. The third kappa shape index (κ3) is 5.64. The molecule has 2 N–H and O–H groups in total. The second-order valence-corrected chi connectivity index (χ2v) is 7.53. The number of nitrogens with zero attached hydrogens (tertiary/aromatic N) is 2. The zero-order valence-electron chi connectivity index (χ0n) is 17.7. The van der Waals surface area contributed by atoms with E-state index in [1.165, 1.54) is 12.1 Å². The molecule has 1 heterocycles. The van der Waals surface area contributed by atoms with Crippen LogP contribution in [0.3, 0.4) is 0 Å². The van der Waals surface area contributed by atoms with Crippen LogP contribution in [0.2, 0.25) is 0 Å². The van der Waals surface area contributed by atoms with E-state index in [-0.39, 0.29) is 18.3 Å². The first-order valence-electron chi connectivity index (χ1n) is 10.1. The van der Waals surface area contributed by atoms with Gasteiger partial charge < -0.3 is 14.8 Å². The minimum absolute atomic E-state index is 0.0302. The Hall–Kier alpha value is -3.98. The van der Waals surface area contributed by atoms with Crippen molar-refractivity contribution in [3.05, 3.63) is 88.9 Å². The highest BCUT2D eigenvalue weighted by Gasteiger charge is 2.12. The van der Waals surface area contributed by atoms with E-state index in [9.17, 15) is 9.18 Å².